The largest absolute Gasteiger partial charge is 0.381 e. The maximum absolute atomic E-state index is 6.01. The van der Waals surface area contributed by atoms with Gasteiger partial charge in [-0.1, -0.05) is 11.6 Å². The van der Waals surface area contributed by atoms with Gasteiger partial charge in [-0.3, -0.25) is 0 Å². The minimum atomic E-state index is -0.179. The van der Waals surface area contributed by atoms with Crippen molar-refractivity contribution in [3.05, 3.63) is 21.3 Å². The van der Waals surface area contributed by atoms with Gasteiger partial charge in [-0.25, -0.2) is 0 Å². The van der Waals surface area contributed by atoms with Gasteiger partial charge < -0.3 is 14.8 Å². The molecule has 0 aliphatic carbocycles. The van der Waals surface area contributed by atoms with E-state index in [1.165, 1.54) is 4.88 Å². The van der Waals surface area contributed by atoms with Gasteiger partial charge in [-0.05, 0) is 19.2 Å². The molecule has 3 nitrogen and oxygen atoms in total. The number of hydrogen-bond donors (Lipinski definition) is 1. The lowest BCUT2D eigenvalue weighted by molar-refractivity contribution is -0.110. The molecule has 1 atom stereocenters. The topological polar surface area (TPSA) is 30.5 Å². The van der Waals surface area contributed by atoms with E-state index < -0.39 is 0 Å². The molecule has 1 aromatic rings. The number of nitrogens with one attached hydrogen (secondary N) is 1. The lowest BCUT2D eigenvalue weighted by atomic mass is 9.85. The fourth-order valence-electron chi connectivity index (χ4n) is 2.48. The quantitative estimate of drug-likeness (QED) is 0.917. The molecule has 0 spiro atoms. The molecule has 1 saturated heterocycles. The predicted octanol–water partition coefficient (Wildman–Crippen LogP) is 2.86. The Balaban J connectivity index is 2.26. The van der Waals surface area contributed by atoms with Crippen LogP contribution in [0.1, 0.15) is 23.8 Å². The van der Waals surface area contributed by atoms with Gasteiger partial charge in [0.25, 0.3) is 0 Å². The average molecular weight is 276 g/mol. The Labute approximate surface area is 111 Å². The Morgan fingerprint density at radius 1 is 1.47 bits per heavy atom. The van der Waals surface area contributed by atoms with Crippen LogP contribution in [0.25, 0.3) is 0 Å². The fourth-order valence-corrected chi connectivity index (χ4v) is 3.75. The van der Waals surface area contributed by atoms with Crippen LogP contribution in [-0.2, 0) is 9.47 Å². The van der Waals surface area contributed by atoms with Crippen molar-refractivity contribution in [1.29, 1.82) is 0 Å². The summed E-state index contributed by atoms with van der Waals surface area (Å²) < 4.78 is 12.1. The summed E-state index contributed by atoms with van der Waals surface area (Å²) in [6, 6.07) is 4.19. The third kappa shape index (κ3) is 2.66. The van der Waals surface area contributed by atoms with E-state index in [0.29, 0.717) is 0 Å². The molecular weight excluding hydrogens is 258 g/mol. The third-order valence-corrected chi connectivity index (χ3v) is 4.73. The predicted molar refractivity (Wildman–Crippen MR) is 70.9 cm³/mol. The van der Waals surface area contributed by atoms with Gasteiger partial charge in [-0.15, -0.1) is 11.3 Å². The molecule has 0 aromatic carbocycles. The maximum Gasteiger partial charge on any atom is 0.0931 e. The summed E-state index contributed by atoms with van der Waals surface area (Å²) in [7, 11) is 3.75. The van der Waals surface area contributed by atoms with Crippen LogP contribution < -0.4 is 5.32 Å². The molecule has 0 amide bonds. The maximum atomic E-state index is 6.01. The summed E-state index contributed by atoms with van der Waals surface area (Å²) in [5.74, 6) is 0. The average Bonchev–Trinajstić information content (AvgIpc) is 2.78. The summed E-state index contributed by atoms with van der Waals surface area (Å²) >= 11 is 7.62. The number of methoxy groups -OCH3 is 1. The van der Waals surface area contributed by atoms with Gasteiger partial charge in [0, 0.05) is 38.0 Å². The van der Waals surface area contributed by atoms with Crippen molar-refractivity contribution in [2.24, 2.45) is 0 Å². The Kier molecular flexibility index (Phi) is 4.44. The summed E-state index contributed by atoms with van der Waals surface area (Å²) in [6.07, 6.45) is 1.81. The van der Waals surface area contributed by atoms with Crippen molar-refractivity contribution in [2.75, 3.05) is 27.4 Å². The van der Waals surface area contributed by atoms with E-state index in [9.17, 15) is 0 Å². The van der Waals surface area contributed by atoms with Gasteiger partial charge in [0.05, 0.1) is 16.0 Å². The lowest BCUT2D eigenvalue weighted by Gasteiger charge is -2.41. The number of hydrogen-bond acceptors (Lipinski definition) is 4. The van der Waals surface area contributed by atoms with Crippen LogP contribution in [0.2, 0.25) is 4.34 Å². The fraction of sp³-hybridized carbons (Fsp3) is 0.667. The summed E-state index contributed by atoms with van der Waals surface area (Å²) in [5, 5.41) is 3.36. The minimum absolute atomic E-state index is 0.175. The Hall–Kier alpha value is -0.130. The normalized spacial score (nSPS) is 21.4. The number of halogens is 1. The van der Waals surface area contributed by atoms with E-state index in [4.69, 9.17) is 21.1 Å². The molecule has 2 heterocycles. The smallest absolute Gasteiger partial charge is 0.0931 e. The van der Waals surface area contributed by atoms with Crippen LogP contribution in [-0.4, -0.2) is 33.0 Å². The number of likely N-dealkylation sites (N-methyl/N-ethyl adjacent to an activating group) is 1. The van der Waals surface area contributed by atoms with Gasteiger partial charge in [-0.2, -0.15) is 0 Å². The number of rotatable bonds is 4. The molecule has 5 heteroatoms. The highest BCUT2D eigenvalue weighted by Gasteiger charge is 2.41. The minimum Gasteiger partial charge on any atom is -0.381 e. The molecule has 1 aliphatic heterocycles. The van der Waals surface area contributed by atoms with Crippen molar-refractivity contribution in [2.45, 2.75) is 24.5 Å². The zero-order chi connectivity index (χ0) is 12.3. The Morgan fingerprint density at radius 3 is 2.65 bits per heavy atom. The van der Waals surface area contributed by atoms with Gasteiger partial charge in [0.15, 0.2) is 0 Å². The zero-order valence-corrected chi connectivity index (χ0v) is 11.7. The highest BCUT2D eigenvalue weighted by Crippen LogP contribution is 2.40. The summed E-state index contributed by atoms with van der Waals surface area (Å²) in [4.78, 5) is 1.22. The molecule has 1 aliphatic rings. The molecule has 1 aromatic heterocycles. The highest BCUT2D eigenvalue weighted by molar-refractivity contribution is 7.16. The monoisotopic (exact) mass is 275 g/mol. The van der Waals surface area contributed by atoms with Crippen LogP contribution in [0.15, 0.2) is 12.1 Å². The SMILES string of the molecule is CNC(c1ccc(Cl)s1)C1(OC)CCOCC1. The highest BCUT2D eigenvalue weighted by atomic mass is 35.5. The van der Waals surface area contributed by atoms with Crippen molar-refractivity contribution in [1.82, 2.24) is 5.32 Å². The first-order valence-corrected chi connectivity index (χ1v) is 6.97. The van der Waals surface area contributed by atoms with E-state index in [1.807, 2.05) is 13.1 Å². The Morgan fingerprint density at radius 2 is 2.18 bits per heavy atom. The first kappa shape index (κ1) is 13.3. The van der Waals surface area contributed by atoms with E-state index in [-0.39, 0.29) is 11.6 Å². The summed E-state index contributed by atoms with van der Waals surface area (Å²) in [6.45, 7) is 1.51. The molecule has 0 radical (unpaired) electrons. The third-order valence-electron chi connectivity index (χ3n) is 3.44. The second-order valence-corrected chi connectivity index (χ2v) is 5.99. The second-order valence-electron chi connectivity index (χ2n) is 4.24. The standard InChI is InChI=1S/C12H18ClNO2S/c1-14-11(9-3-4-10(13)17-9)12(15-2)5-7-16-8-6-12/h3-4,11,14H,5-8H2,1-2H3. The zero-order valence-electron chi connectivity index (χ0n) is 10.2. The molecule has 1 fully saturated rings. The molecule has 17 heavy (non-hydrogen) atoms. The van der Waals surface area contributed by atoms with E-state index >= 15 is 0 Å². The Bertz CT molecular complexity index is 363. The van der Waals surface area contributed by atoms with Crippen LogP contribution in [0.3, 0.4) is 0 Å². The van der Waals surface area contributed by atoms with Crippen molar-refractivity contribution in [3.8, 4) is 0 Å². The van der Waals surface area contributed by atoms with Crippen molar-refractivity contribution >= 4 is 22.9 Å². The van der Waals surface area contributed by atoms with Crippen LogP contribution in [0.5, 0.6) is 0 Å². The molecular formula is C12H18ClNO2S. The first-order chi connectivity index (χ1) is 8.22. The molecule has 0 saturated carbocycles. The number of ether oxygens (including phenoxy) is 2. The van der Waals surface area contributed by atoms with Crippen LogP contribution in [0.4, 0.5) is 0 Å². The molecule has 1 unspecified atom stereocenters. The molecule has 1 N–H and O–H groups in total. The van der Waals surface area contributed by atoms with Crippen LogP contribution in [0, 0.1) is 0 Å². The molecule has 2 rings (SSSR count). The second kappa shape index (κ2) is 5.67. The number of thiophene rings is 1. The van der Waals surface area contributed by atoms with Crippen molar-refractivity contribution in [3.63, 3.8) is 0 Å². The van der Waals surface area contributed by atoms with Gasteiger partial charge in [0.2, 0.25) is 0 Å². The molecule has 0 bridgehead atoms. The van der Waals surface area contributed by atoms with E-state index in [1.54, 1.807) is 18.4 Å². The van der Waals surface area contributed by atoms with Gasteiger partial charge in [0.1, 0.15) is 0 Å². The van der Waals surface area contributed by atoms with Gasteiger partial charge >= 0.3 is 0 Å². The van der Waals surface area contributed by atoms with E-state index in [0.717, 1.165) is 30.4 Å². The van der Waals surface area contributed by atoms with E-state index in [2.05, 4.69) is 11.4 Å². The lowest BCUT2D eigenvalue weighted by Crippen LogP contribution is -2.48. The molecule has 96 valence electrons. The van der Waals surface area contributed by atoms with Crippen LogP contribution >= 0.6 is 22.9 Å². The first-order valence-electron chi connectivity index (χ1n) is 5.77. The summed E-state index contributed by atoms with van der Waals surface area (Å²) in [5.41, 5.74) is -0.179. The van der Waals surface area contributed by atoms with Crippen molar-refractivity contribution < 1.29 is 9.47 Å².